The highest BCUT2D eigenvalue weighted by atomic mass is 35.5. The highest BCUT2D eigenvalue weighted by Gasteiger charge is 2.28. The van der Waals surface area contributed by atoms with E-state index in [1.54, 1.807) is 6.07 Å². The van der Waals surface area contributed by atoms with Crippen LogP contribution in [0.4, 0.5) is 5.69 Å². The maximum atomic E-state index is 12.3. The number of benzene rings is 1. The van der Waals surface area contributed by atoms with Gasteiger partial charge in [-0.1, -0.05) is 36.2 Å². The van der Waals surface area contributed by atoms with Gasteiger partial charge in [0, 0.05) is 0 Å². The van der Waals surface area contributed by atoms with Crippen LogP contribution in [0.1, 0.15) is 25.3 Å². The number of aryl methyl sites for hydroxylation is 1. The Kier molecular flexibility index (Phi) is 4.71. The minimum absolute atomic E-state index is 0.0680. The van der Waals surface area contributed by atoms with Crippen molar-refractivity contribution in [1.29, 1.82) is 0 Å². The Morgan fingerprint density at radius 1 is 1.42 bits per heavy atom. The van der Waals surface area contributed by atoms with Crippen LogP contribution < -0.4 is 10.6 Å². The second-order valence-electron chi connectivity index (χ2n) is 5.09. The topological polar surface area (TPSA) is 41.1 Å². The molecule has 1 aromatic rings. The van der Waals surface area contributed by atoms with Crippen LogP contribution in [0.25, 0.3) is 0 Å². The first-order valence-corrected chi connectivity index (χ1v) is 7.25. The number of hydrogen-bond donors (Lipinski definition) is 2. The Labute approximate surface area is 123 Å². The molecule has 1 aliphatic heterocycles. The molecule has 1 heterocycles. The Bertz CT molecular complexity index is 491. The summed E-state index contributed by atoms with van der Waals surface area (Å²) >= 11 is 12.3. The summed E-state index contributed by atoms with van der Waals surface area (Å²) in [7, 11) is 0. The molecule has 3 nitrogen and oxygen atoms in total. The van der Waals surface area contributed by atoms with Gasteiger partial charge in [0.1, 0.15) is 0 Å². The van der Waals surface area contributed by atoms with Crippen molar-refractivity contribution < 1.29 is 4.79 Å². The van der Waals surface area contributed by atoms with E-state index in [0.717, 1.165) is 24.9 Å². The van der Waals surface area contributed by atoms with Crippen LogP contribution in [-0.4, -0.2) is 18.5 Å². The van der Waals surface area contributed by atoms with Crippen LogP contribution in [0.15, 0.2) is 12.1 Å². The molecule has 0 spiro atoms. The number of amides is 1. The largest absolute Gasteiger partial charge is 0.322 e. The van der Waals surface area contributed by atoms with E-state index < -0.39 is 0 Å². The SMILES string of the molecule is Cc1ccc(Cl)c(NC(=O)C2NCCCC2C)c1Cl. The van der Waals surface area contributed by atoms with Crippen LogP contribution >= 0.6 is 23.2 Å². The zero-order valence-corrected chi connectivity index (χ0v) is 12.6. The summed E-state index contributed by atoms with van der Waals surface area (Å²) in [4.78, 5) is 12.3. The number of carbonyl (C=O) groups is 1. The first-order valence-electron chi connectivity index (χ1n) is 6.49. The number of nitrogens with one attached hydrogen (secondary N) is 2. The smallest absolute Gasteiger partial charge is 0.241 e. The molecule has 5 heteroatoms. The zero-order chi connectivity index (χ0) is 14.0. The fourth-order valence-corrected chi connectivity index (χ4v) is 2.84. The van der Waals surface area contributed by atoms with Crippen LogP contribution in [-0.2, 0) is 4.79 Å². The van der Waals surface area contributed by atoms with E-state index in [1.807, 2.05) is 13.0 Å². The third-order valence-electron chi connectivity index (χ3n) is 3.58. The van der Waals surface area contributed by atoms with Crippen molar-refractivity contribution in [2.24, 2.45) is 5.92 Å². The van der Waals surface area contributed by atoms with Gasteiger partial charge in [-0.15, -0.1) is 0 Å². The van der Waals surface area contributed by atoms with Gasteiger partial charge in [0.2, 0.25) is 5.91 Å². The Hall–Kier alpha value is -0.770. The van der Waals surface area contributed by atoms with Crippen molar-refractivity contribution in [1.82, 2.24) is 5.32 Å². The molecule has 104 valence electrons. The summed E-state index contributed by atoms with van der Waals surface area (Å²) in [6.07, 6.45) is 2.16. The monoisotopic (exact) mass is 300 g/mol. The average molecular weight is 301 g/mol. The van der Waals surface area contributed by atoms with E-state index in [9.17, 15) is 4.79 Å². The predicted molar refractivity (Wildman–Crippen MR) is 80.0 cm³/mol. The van der Waals surface area contributed by atoms with Gasteiger partial charge < -0.3 is 10.6 Å². The average Bonchev–Trinajstić information content (AvgIpc) is 2.39. The Morgan fingerprint density at radius 2 is 2.16 bits per heavy atom. The van der Waals surface area contributed by atoms with Gasteiger partial charge >= 0.3 is 0 Å². The third-order valence-corrected chi connectivity index (χ3v) is 4.39. The van der Waals surface area contributed by atoms with Crippen LogP contribution in [0.2, 0.25) is 10.0 Å². The molecule has 0 aliphatic carbocycles. The molecule has 1 amide bonds. The molecule has 1 aliphatic rings. The lowest BCUT2D eigenvalue weighted by molar-refractivity contribution is -0.119. The summed E-state index contributed by atoms with van der Waals surface area (Å²) in [6.45, 7) is 4.84. The van der Waals surface area contributed by atoms with Gasteiger partial charge in [0.05, 0.1) is 21.8 Å². The van der Waals surface area contributed by atoms with Crippen molar-refractivity contribution in [3.8, 4) is 0 Å². The molecule has 2 unspecified atom stereocenters. The number of halogens is 2. The summed E-state index contributed by atoms with van der Waals surface area (Å²) in [5, 5.41) is 7.07. The van der Waals surface area contributed by atoms with Gasteiger partial charge in [-0.25, -0.2) is 0 Å². The van der Waals surface area contributed by atoms with Gasteiger partial charge in [-0.2, -0.15) is 0 Å². The zero-order valence-electron chi connectivity index (χ0n) is 11.1. The minimum atomic E-state index is -0.179. The fraction of sp³-hybridized carbons (Fsp3) is 0.500. The molecular formula is C14H18Cl2N2O. The van der Waals surface area contributed by atoms with Gasteiger partial charge in [0.25, 0.3) is 0 Å². The van der Waals surface area contributed by atoms with E-state index in [1.165, 1.54) is 0 Å². The maximum absolute atomic E-state index is 12.3. The molecule has 1 fully saturated rings. The molecule has 2 N–H and O–H groups in total. The van der Waals surface area contributed by atoms with Crippen LogP contribution in [0, 0.1) is 12.8 Å². The van der Waals surface area contributed by atoms with Crippen molar-refractivity contribution in [2.45, 2.75) is 32.7 Å². The highest BCUT2D eigenvalue weighted by molar-refractivity contribution is 6.40. The first kappa shape index (κ1) is 14.6. The molecule has 2 atom stereocenters. The number of anilines is 1. The minimum Gasteiger partial charge on any atom is -0.322 e. The number of rotatable bonds is 2. The van der Waals surface area contributed by atoms with Crippen LogP contribution in [0.5, 0.6) is 0 Å². The van der Waals surface area contributed by atoms with E-state index in [4.69, 9.17) is 23.2 Å². The van der Waals surface area contributed by atoms with Crippen LogP contribution in [0.3, 0.4) is 0 Å². The third kappa shape index (κ3) is 3.22. The Morgan fingerprint density at radius 3 is 2.84 bits per heavy atom. The highest BCUT2D eigenvalue weighted by Crippen LogP contribution is 2.33. The van der Waals surface area contributed by atoms with Crippen molar-refractivity contribution >= 4 is 34.8 Å². The molecule has 0 radical (unpaired) electrons. The summed E-state index contributed by atoms with van der Waals surface area (Å²) in [5.74, 6) is 0.248. The summed E-state index contributed by atoms with van der Waals surface area (Å²) in [5.41, 5.74) is 1.40. The van der Waals surface area contributed by atoms with Gasteiger partial charge in [-0.3, -0.25) is 4.79 Å². The molecule has 1 aromatic carbocycles. The van der Waals surface area contributed by atoms with E-state index in [0.29, 0.717) is 21.7 Å². The molecule has 2 rings (SSSR count). The molecule has 0 bridgehead atoms. The lowest BCUT2D eigenvalue weighted by Crippen LogP contribution is -2.48. The number of carbonyl (C=O) groups excluding carboxylic acids is 1. The standard InChI is InChI=1S/C14H18Cl2N2O/c1-8-5-6-10(15)13(11(8)16)18-14(19)12-9(2)4-3-7-17-12/h5-6,9,12,17H,3-4,7H2,1-2H3,(H,18,19). The van der Waals surface area contributed by atoms with E-state index >= 15 is 0 Å². The lowest BCUT2D eigenvalue weighted by Gasteiger charge is -2.29. The van der Waals surface area contributed by atoms with Gasteiger partial charge in [-0.05, 0) is 43.9 Å². The maximum Gasteiger partial charge on any atom is 0.241 e. The lowest BCUT2D eigenvalue weighted by atomic mass is 9.92. The quantitative estimate of drug-likeness (QED) is 0.876. The second-order valence-corrected chi connectivity index (χ2v) is 5.88. The number of hydrogen-bond acceptors (Lipinski definition) is 2. The van der Waals surface area contributed by atoms with Crippen molar-refractivity contribution in [3.63, 3.8) is 0 Å². The molecule has 1 saturated heterocycles. The van der Waals surface area contributed by atoms with E-state index in [-0.39, 0.29) is 11.9 Å². The summed E-state index contributed by atoms with van der Waals surface area (Å²) < 4.78 is 0. The van der Waals surface area contributed by atoms with E-state index in [2.05, 4.69) is 17.6 Å². The molecule has 19 heavy (non-hydrogen) atoms. The van der Waals surface area contributed by atoms with Gasteiger partial charge in [0.15, 0.2) is 0 Å². The Balaban J connectivity index is 2.17. The summed E-state index contributed by atoms with van der Waals surface area (Å²) in [6, 6.07) is 3.40. The first-order chi connectivity index (χ1) is 9.00. The molecule has 0 aromatic heterocycles. The van der Waals surface area contributed by atoms with Crippen molar-refractivity contribution in [2.75, 3.05) is 11.9 Å². The fourth-order valence-electron chi connectivity index (χ4n) is 2.37. The molecule has 0 saturated carbocycles. The predicted octanol–water partition coefficient (Wildman–Crippen LogP) is 3.63. The molecular weight excluding hydrogens is 283 g/mol. The second kappa shape index (κ2) is 6.12. The normalized spacial score (nSPS) is 23.2. The number of piperidine rings is 1. The van der Waals surface area contributed by atoms with Crippen molar-refractivity contribution in [3.05, 3.63) is 27.7 Å².